The topological polar surface area (TPSA) is 29.9 Å². The lowest BCUT2D eigenvalue weighted by Gasteiger charge is -2.18. The van der Waals surface area contributed by atoms with Crippen molar-refractivity contribution in [3.8, 4) is 0 Å². The van der Waals surface area contributed by atoms with Crippen molar-refractivity contribution >= 4 is 27.5 Å². The summed E-state index contributed by atoms with van der Waals surface area (Å²) in [5.74, 6) is -0.246. The van der Waals surface area contributed by atoms with Crippen LogP contribution in [0.1, 0.15) is 22.9 Å². The largest absolute Gasteiger partial charge is 0.313 e. The van der Waals surface area contributed by atoms with Crippen molar-refractivity contribution in [1.82, 2.24) is 15.1 Å². The molecule has 1 N–H and O–H groups in total. The first-order valence-corrected chi connectivity index (χ1v) is 7.42. The molecule has 0 saturated heterocycles. The van der Waals surface area contributed by atoms with Crippen LogP contribution in [0.2, 0.25) is 5.15 Å². The van der Waals surface area contributed by atoms with Crippen LogP contribution < -0.4 is 5.32 Å². The van der Waals surface area contributed by atoms with E-state index in [2.05, 4.69) is 26.3 Å². The van der Waals surface area contributed by atoms with Gasteiger partial charge in [-0.25, -0.2) is 4.39 Å². The fraction of sp³-hybridized carbons (Fsp3) is 0.357. The van der Waals surface area contributed by atoms with Gasteiger partial charge in [0.15, 0.2) is 0 Å². The summed E-state index contributed by atoms with van der Waals surface area (Å²) in [6, 6.07) is 5.13. The van der Waals surface area contributed by atoms with E-state index in [9.17, 15) is 4.39 Å². The molecule has 1 unspecified atom stereocenters. The predicted molar refractivity (Wildman–Crippen MR) is 82.6 cm³/mol. The number of aryl methyl sites for hydroxylation is 2. The van der Waals surface area contributed by atoms with Gasteiger partial charge in [0.05, 0.1) is 10.2 Å². The van der Waals surface area contributed by atoms with Crippen LogP contribution in [0.15, 0.2) is 22.7 Å². The van der Waals surface area contributed by atoms with Gasteiger partial charge in [-0.1, -0.05) is 23.7 Å². The Labute approximate surface area is 131 Å². The number of rotatable bonds is 4. The number of hydrogen-bond acceptors (Lipinski definition) is 2. The van der Waals surface area contributed by atoms with Gasteiger partial charge in [-0.05, 0) is 42.4 Å². The quantitative estimate of drug-likeness (QED) is 0.899. The van der Waals surface area contributed by atoms with Crippen LogP contribution in [0, 0.1) is 12.7 Å². The van der Waals surface area contributed by atoms with Crippen molar-refractivity contribution < 1.29 is 4.39 Å². The molecule has 2 rings (SSSR count). The van der Waals surface area contributed by atoms with Crippen molar-refractivity contribution in [2.75, 3.05) is 7.05 Å². The van der Waals surface area contributed by atoms with E-state index >= 15 is 0 Å². The number of nitrogens with one attached hydrogen (secondary N) is 1. The summed E-state index contributed by atoms with van der Waals surface area (Å²) in [6.45, 7) is 1.91. The summed E-state index contributed by atoms with van der Waals surface area (Å²) < 4.78 is 16.3. The van der Waals surface area contributed by atoms with E-state index in [4.69, 9.17) is 11.6 Å². The third-order valence-electron chi connectivity index (χ3n) is 3.38. The molecule has 0 aliphatic carbocycles. The lowest BCUT2D eigenvalue weighted by molar-refractivity contribution is 0.530. The zero-order chi connectivity index (χ0) is 14.9. The summed E-state index contributed by atoms with van der Waals surface area (Å²) in [6.07, 6.45) is 0.586. The van der Waals surface area contributed by atoms with Crippen LogP contribution in [0.4, 0.5) is 4.39 Å². The number of likely N-dealkylation sites (N-methyl/N-ethyl adjacent to an activating group) is 1. The van der Waals surface area contributed by atoms with Crippen LogP contribution in [0.25, 0.3) is 0 Å². The summed E-state index contributed by atoms with van der Waals surface area (Å²) in [4.78, 5) is 0. The smallest absolute Gasteiger partial charge is 0.142 e. The van der Waals surface area contributed by atoms with Crippen molar-refractivity contribution in [3.05, 3.63) is 50.5 Å². The monoisotopic (exact) mass is 359 g/mol. The zero-order valence-corrected chi connectivity index (χ0v) is 13.9. The van der Waals surface area contributed by atoms with Gasteiger partial charge in [0.2, 0.25) is 0 Å². The van der Waals surface area contributed by atoms with Crippen molar-refractivity contribution in [1.29, 1.82) is 0 Å². The predicted octanol–water partition coefficient (Wildman–Crippen LogP) is 3.79. The Morgan fingerprint density at radius 3 is 2.75 bits per heavy atom. The molecule has 1 aromatic carbocycles. The second-order valence-electron chi connectivity index (χ2n) is 4.67. The molecule has 0 spiro atoms. The second kappa shape index (κ2) is 6.24. The molecule has 0 saturated carbocycles. The Balaban J connectivity index is 2.36. The maximum atomic E-state index is 14.2. The Kier molecular flexibility index (Phi) is 4.83. The molecule has 6 heteroatoms. The van der Waals surface area contributed by atoms with Gasteiger partial charge in [-0.2, -0.15) is 5.10 Å². The minimum absolute atomic E-state index is 0.159. The van der Waals surface area contributed by atoms with Gasteiger partial charge in [0, 0.05) is 24.2 Å². The maximum Gasteiger partial charge on any atom is 0.142 e. The molecule has 0 bridgehead atoms. The van der Waals surface area contributed by atoms with Crippen molar-refractivity contribution in [2.24, 2.45) is 7.05 Å². The van der Waals surface area contributed by atoms with Crippen LogP contribution >= 0.6 is 27.5 Å². The lowest BCUT2D eigenvalue weighted by atomic mass is 9.99. The molecule has 0 aliphatic rings. The minimum Gasteiger partial charge on any atom is -0.313 e. The molecule has 0 radical (unpaired) electrons. The molecular weight excluding hydrogens is 345 g/mol. The van der Waals surface area contributed by atoms with E-state index < -0.39 is 0 Å². The minimum atomic E-state index is -0.246. The molecule has 0 aliphatic heterocycles. The highest BCUT2D eigenvalue weighted by Crippen LogP contribution is 2.29. The fourth-order valence-corrected chi connectivity index (χ4v) is 2.90. The first-order chi connectivity index (χ1) is 9.45. The van der Waals surface area contributed by atoms with E-state index in [-0.39, 0.29) is 11.9 Å². The SMILES string of the molecule is CNC(Cc1c(C)nn(C)c1Cl)c1cccc(Br)c1F. The molecule has 2 aromatic rings. The Hall–Kier alpha value is -0.910. The van der Waals surface area contributed by atoms with E-state index in [1.165, 1.54) is 0 Å². The van der Waals surface area contributed by atoms with Gasteiger partial charge in [0.1, 0.15) is 11.0 Å². The number of hydrogen-bond donors (Lipinski definition) is 1. The summed E-state index contributed by atoms with van der Waals surface area (Å²) in [5.41, 5.74) is 2.42. The third-order valence-corrected chi connectivity index (χ3v) is 4.47. The highest BCUT2D eigenvalue weighted by Gasteiger charge is 2.20. The van der Waals surface area contributed by atoms with Gasteiger partial charge in [-0.15, -0.1) is 0 Å². The van der Waals surface area contributed by atoms with Gasteiger partial charge >= 0.3 is 0 Å². The Morgan fingerprint density at radius 1 is 1.50 bits per heavy atom. The van der Waals surface area contributed by atoms with Gasteiger partial charge in [0.25, 0.3) is 0 Å². The first kappa shape index (κ1) is 15.5. The number of benzene rings is 1. The number of aromatic nitrogens is 2. The number of halogens is 3. The Bertz CT molecular complexity index is 627. The molecule has 20 heavy (non-hydrogen) atoms. The van der Waals surface area contributed by atoms with Gasteiger partial charge in [-0.3, -0.25) is 4.68 Å². The van der Waals surface area contributed by atoms with Crippen molar-refractivity contribution in [2.45, 2.75) is 19.4 Å². The highest BCUT2D eigenvalue weighted by molar-refractivity contribution is 9.10. The summed E-state index contributed by atoms with van der Waals surface area (Å²) in [5, 5.41) is 8.02. The van der Waals surface area contributed by atoms with Crippen LogP contribution in [-0.2, 0) is 13.5 Å². The standard InChI is InChI=1S/C14H16BrClFN3/c1-8-10(14(16)20(3)19-8)7-12(18-2)9-5-4-6-11(15)13(9)17/h4-6,12,18H,7H2,1-3H3. The van der Waals surface area contributed by atoms with E-state index in [1.807, 2.05) is 20.0 Å². The van der Waals surface area contributed by atoms with E-state index in [0.29, 0.717) is 21.6 Å². The maximum absolute atomic E-state index is 14.2. The number of nitrogens with zero attached hydrogens (tertiary/aromatic N) is 2. The first-order valence-electron chi connectivity index (χ1n) is 6.24. The average molecular weight is 361 g/mol. The van der Waals surface area contributed by atoms with Crippen molar-refractivity contribution in [3.63, 3.8) is 0 Å². The Morgan fingerprint density at radius 2 is 2.20 bits per heavy atom. The summed E-state index contributed by atoms with van der Waals surface area (Å²) >= 11 is 9.46. The lowest BCUT2D eigenvalue weighted by Crippen LogP contribution is -2.20. The molecule has 1 atom stereocenters. The average Bonchev–Trinajstić information content (AvgIpc) is 2.65. The normalized spacial score (nSPS) is 12.7. The van der Waals surface area contributed by atoms with E-state index in [1.54, 1.807) is 23.9 Å². The molecule has 0 amide bonds. The molecule has 1 heterocycles. The molecule has 1 aromatic heterocycles. The molecular formula is C14H16BrClFN3. The third kappa shape index (κ3) is 2.90. The van der Waals surface area contributed by atoms with Crippen LogP contribution in [-0.4, -0.2) is 16.8 Å². The summed E-state index contributed by atoms with van der Waals surface area (Å²) in [7, 11) is 3.61. The second-order valence-corrected chi connectivity index (χ2v) is 5.88. The van der Waals surface area contributed by atoms with Crippen LogP contribution in [0.5, 0.6) is 0 Å². The fourth-order valence-electron chi connectivity index (χ4n) is 2.27. The zero-order valence-electron chi connectivity index (χ0n) is 11.5. The highest BCUT2D eigenvalue weighted by atomic mass is 79.9. The molecule has 0 fully saturated rings. The van der Waals surface area contributed by atoms with Gasteiger partial charge < -0.3 is 5.32 Å². The van der Waals surface area contributed by atoms with E-state index in [0.717, 1.165) is 11.3 Å². The molecule has 108 valence electrons. The van der Waals surface area contributed by atoms with Crippen LogP contribution in [0.3, 0.4) is 0 Å². The molecule has 3 nitrogen and oxygen atoms in total.